The molecule has 5 N–H and O–H groups in total. The van der Waals surface area contributed by atoms with Gasteiger partial charge in [0.1, 0.15) is 0 Å². The lowest BCUT2D eigenvalue weighted by Crippen LogP contribution is -2.46. The van der Waals surface area contributed by atoms with Crippen LogP contribution in [0.4, 0.5) is 11.4 Å². The number of anilines is 2. The first kappa shape index (κ1) is 15.8. The molecule has 1 fully saturated rings. The van der Waals surface area contributed by atoms with Gasteiger partial charge in [-0.2, -0.15) is 0 Å². The molecule has 118 valence electrons. The van der Waals surface area contributed by atoms with Gasteiger partial charge in [0.2, 0.25) is 5.91 Å². The third-order valence-electron chi connectivity index (χ3n) is 3.84. The van der Waals surface area contributed by atoms with Gasteiger partial charge in [-0.25, -0.2) is 0 Å². The molecular weight excluding hydrogens is 284 g/mol. The van der Waals surface area contributed by atoms with Crippen LogP contribution in [0.15, 0.2) is 18.2 Å². The van der Waals surface area contributed by atoms with Crippen molar-refractivity contribution in [2.24, 2.45) is 11.7 Å². The highest BCUT2D eigenvalue weighted by atomic mass is 16.2. The molecule has 1 aromatic rings. The Kier molecular flexibility index (Phi) is 4.65. The van der Waals surface area contributed by atoms with E-state index in [1.165, 1.54) is 4.90 Å². The Bertz CT molecular complexity index is 607. The Balaban J connectivity index is 1.97. The zero-order valence-electron chi connectivity index (χ0n) is 12.5. The van der Waals surface area contributed by atoms with E-state index in [9.17, 15) is 14.4 Å². The normalized spacial score (nSPS) is 15.4. The second kappa shape index (κ2) is 6.46. The highest BCUT2D eigenvalue weighted by molar-refractivity contribution is 6.39. The fourth-order valence-corrected chi connectivity index (χ4v) is 2.46. The van der Waals surface area contributed by atoms with E-state index in [0.29, 0.717) is 37.3 Å². The second-order valence-electron chi connectivity index (χ2n) is 5.51. The van der Waals surface area contributed by atoms with Gasteiger partial charge >= 0.3 is 11.8 Å². The summed E-state index contributed by atoms with van der Waals surface area (Å²) in [4.78, 5) is 36.7. The predicted molar refractivity (Wildman–Crippen MR) is 82.7 cm³/mol. The largest absolute Gasteiger partial charge is 0.397 e. The summed E-state index contributed by atoms with van der Waals surface area (Å²) in [5, 5.41) is 2.54. The first-order valence-electron chi connectivity index (χ1n) is 7.14. The summed E-state index contributed by atoms with van der Waals surface area (Å²) in [7, 11) is 0. The van der Waals surface area contributed by atoms with Crippen molar-refractivity contribution in [3.8, 4) is 0 Å². The fourth-order valence-electron chi connectivity index (χ4n) is 2.46. The SMILES string of the molecule is Cc1ccc(N)c(NC(=O)C(=O)N2CCC(C(N)=O)CC2)c1. The van der Waals surface area contributed by atoms with Crippen molar-refractivity contribution in [3.63, 3.8) is 0 Å². The van der Waals surface area contributed by atoms with Gasteiger partial charge in [0.05, 0.1) is 11.4 Å². The average Bonchev–Trinajstić information content (AvgIpc) is 2.50. The molecule has 3 amide bonds. The van der Waals surface area contributed by atoms with Crippen LogP contribution in [0.5, 0.6) is 0 Å². The van der Waals surface area contributed by atoms with Crippen molar-refractivity contribution >= 4 is 29.1 Å². The fraction of sp³-hybridized carbons (Fsp3) is 0.400. The lowest BCUT2D eigenvalue weighted by atomic mass is 9.96. The van der Waals surface area contributed by atoms with Gasteiger partial charge < -0.3 is 21.7 Å². The van der Waals surface area contributed by atoms with Crippen LogP contribution in [0.3, 0.4) is 0 Å². The minimum atomic E-state index is -0.727. The molecule has 7 heteroatoms. The van der Waals surface area contributed by atoms with Crippen LogP contribution in [0, 0.1) is 12.8 Å². The van der Waals surface area contributed by atoms with Crippen LogP contribution < -0.4 is 16.8 Å². The van der Waals surface area contributed by atoms with E-state index < -0.39 is 11.8 Å². The molecule has 0 radical (unpaired) electrons. The predicted octanol–water partition coefficient (Wildman–Crippen LogP) is 0.240. The molecule has 1 aliphatic rings. The highest BCUT2D eigenvalue weighted by Crippen LogP contribution is 2.20. The lowest BCUT2D eigenvalue weighted by molar-refractivity contribution is -0.144. The maximum Gasteiger partial charge on any atom is 0.313 e. The number of hydrogen-bond donors (Lipinski definition) is 3. The average molecular weight is 304 g/mol. The first-order valence-corrected chi connectivity index (χ1v) is 7.14. The zero-order chi connectivity index (χ0) is 16.3. The number of likely N-dealkylation sites (tertiary alicyclic amines) is 1. The molecule has 1 aliphatic heterocycles. The van der Waals surface area contributed by atoms with Crippen molar-refractivity contribution < 1.29 is 14.4 Å². The molecule has 0 spiro atoms. The maximum atomic E-state index is 12.1. The maximum absolute atomic E-state index is 12.1. The number of benzene rings is 1. The molecule has 0 aliphatic carbocycles. The number of primary amides is 1. The van der Waals surface area contributed by atoms with E-state index in [4.69, 9.17) is 11.5 Å². The van der Waals surface area contributed by atoms with Crippen molar-refractivity contribution in [3.05, 3.63) is 23.8 Å². The summed E-state index contributed by atoms with van der Waals surface area (Å²) in [5.74, 6) is -1.93. The summed E-state index contributed by atoms with van der Waals surface area (Å²) in [5.41, 5.74) is 12.8. The summed E-state index contributed by atoms with van der Waals surface area (Å²) >= 11 is 0. The Morgan fingerprint density at radius 1 is 1.23 bits per heavy atom. The number of carbonyl (C=O) groups is 3. The molecule has 22 heavy (non-hydrogen) atoms. The summed E-state index contributed by atoms with van der Waals surface area (Å²) in [6, 6.07) is 5.20. The van der Waals surface area contributed by atoms with Gasteiger partial charge in [-0.05, 0) is 37.5 Å². The van der Waals surface area contributed by atoms with E-state index in [-0.39, 0.29) is 11.8 Å². The number of hydrogen-bond acceptors (Lipinski definition) is 4. The summed E-state index contributed by atoms with van der Waals surface area (Å²) in [6.07, 6.45) is 0.974. The zero-order valence-corrected chi connectivity index (χ0v) is 12.5. The topological polar surface area (TPSA) is 119 Å². The monoisotopic (exact) mass is 304 g/mol. The van der Waals surface area contributed by atoms with Crippen molar-refractivity contribution in [1.82, 2.24) is 4.90 Å². The highest BCUT2D eigenvalue weighted by Gasteiger charge is 2.29. The van der Waals surface area contributed by atoms with E-state index >= 15 is 0 Å². The number of aryl methyl sites for hydroxylation is 1. The van der Waals surface area contributed by atoms with Crippen LogP contribution in [0.2, 0.25) is 0 Å². The van der Waals surface area contributed by atoms with Crippen LogP contribution in [-0.4, -0.2) is 35.7 Å². The Hall–Kier alpha value is -2.57. The molecule has 1 aromatic carbocycles. The van der Waals surface area contributed by atoms with E-state index in [1.807, 2.05) is 13.0 Å². The number of nitrogens with zero attached hydrogens (tertiary/aromatic N) is 1. The number of rotatable bonds is 2. The van der Waals surface area contributed by atoms with Gasteiger partial charge in [-0.15, -0.1) is 0 Å². The Labute approximate surface area is 128 Å². The third-order valence-corrected chi connectivity index (χ3v) is 3.84. The van der Waals surface area contributed by atoms with Crippen LogP contribution in [-0.2, 0) is 14.4 Å². The molecule has 0 saturated carbocycles. The van der Waals surface area contributed by atoms with Gasteiger partial charge in [-0.3, -0.25) is 14.4 Å². The standard InChI is InChI=1S/C15H20N4O3/c1-9-2-3-11(16)12(8-9)18-14(21)15(22)19-6-4-10(5-7-19)13(17)20/h2-3,8,10H,4-7,16H2,1H3,(H2,17,20)(H,18,21). The smallest absolute Gasteiger partial charge is 0.313 e. The van der Waals surface area contributed by atoms with Crippen molar-refractivity contribution in [2.75, 3.05) is 24.1 Å². The van der Waals surface area contributed by atoms with Crippen molar-refractivity contribution in [1.29, 1.82) is 0 Å². The third kappa shape index (κ3) is 3.55. The van der Waals surface area contributed by atoms with Crippen molar-refractivity contribution in [2.45, 2.75) is 19.8 Å². The quantitative estimate of drug-likeness (QED) is 0.535. The first-order chi connectivity index (χ1) is 10.4. The molecule has 1 saturated heterocycles. The molecule has 0 bridgehead atoms. The van der Waals surface area contributed by atoms with Crippen LogP contribution in [0.25, 0.3) is 0 Å². The summed E-state index contributed by atoms with van der Waals surface area (Å²) in [6.45, 7) is 2.57. The second-order valence-corrected chi connectivity index (χ2v) is 5.51. The molecule has 2 rings (SSSR count). The molecule has 0 aromatic heterocycles. The van der Waals surface area contributed by atoms with Crippen LogP contribution in [0.1, 0.15) is 18.4 Å². The van der Waals surface area contributed by atoms with Gasteiger partial charge in [0, 0.05) is 19.0 Å². The minimum absolute atomic E-state index is 0.223. The minimum Gasteiger partial charge on any atom is -0.397 e. The Morgan fingerprint density at radius 2 is 1.86 bits per heavy atom. The molecular formula is C15H20N4O3. The molecule has 0 unspecified atom stereocenters. The van der Waals surface area contributed by atoms with Crippen LogP contribution >= 0.6 is 0 Å². The number of nitrogen functional groups attached to an aromatic ring is 1. The number of amides is 3. The number of nitrogens with one attached hydrogen (secondary N) is 1. The van der Waals surface area contributed by atoms with Gasteiger partial charge in [-0.1, -0.05) is 6.07 Å². The molecule has 0 atom stereocenters. The van der Waals surface area contributed by atoms with E-state index in [1.54, 1.807) is 12.1 Å². The molecule has 7 nitrogen and oxygen atoms in total. The number of nitrogens with two attached hydrogens (primary N) is 2. The summed E-state index contributed by atoms with van der Waals surface area (Å²) < 4.78 is 0. The number of piperidine rings is 1. The van der Waals surface area contributed by atoms with E-state index in [0.717, 1.165) is 5.56 Å². The number of carbonyl (C=O) groups excluding carboxylic acids is 3. The lowest BCUT2D eigenvalue weighted by Gasteiger charge is -2.30. The van der Waals surface area contributed by atoms with E-state index in [2.05, 4.69) is 5.32 Å². The Morgan fingerprint density at radius 3 is 2.45 bits per heavy atom. The molecule has 1 heterocycles. The van der Waals surface area contributed by atoms with Gasteiger partial charge in [0.15, 0.2) is 0 Å². The van der Waals surface area contributed by atoms with Gasteiger partial charge in [0.25, 0.3) is 0 Å².